The molecule has 0 fully saturated rings. The molecule has 22 heavy (non-hydrogen) atoms. The summed E-state index contributed by atoms with van der Waals surface area (Å²) in [4.78, 5) is 16.6. The maximum atomic E-state index is 12.4. The lowest BCUT2D eigenvalue weighted by molar-refractivity contribution is 0.101. The van der Waals surface area contributed by atoms with Gasteiger partial charge in [0.05, 0.1) is 25.3 Å². The number of hydrogen-bond acceptors (Lipinski definition) is 4. The molecule has 6 heteroatoms. The first-order chi connectivity index (χ1) is 10.7. The molecule has 0 aliphatic carbocycles. The monoisotopic (exact) mass is 297 g/mol. The van der Waals surface area contributed by atoms with Gasteiger partial charge in [-0.1, -0.05) is 12.1 Å². The van der Waals surface area contributed by atoms with Gasteiger partial charge < -0.3 is 9.47 Å². The molecule has 0 spiro atoms. The number of hydrogen-bond donors (Lipinski definition) is 1. The maximum absolute atomic E-state index is 12.4. The van der Waals surface area contributed by atoms with E-state index in [0.717, 1.165) is 11.0 Å². The Labute approximate surface area is 127 Å². The van der Waals surface area contributed by atoms with Crippen LogP contribution in [0.15, 0.2) is 48.8 Å². The maximum Gasteiger partial charge on any atom is 0.270 e. The number of fused-ring (bicyclic) bond motifs is 1. The predicted molar refractivity (Wildman–Crippen MR) is 83.0 cm³/mol. The smallest absolute Gasteiger partial charge is 0.270 e. The van der Waals surface area contributed by atoms with Crippen LogP contribution in [0.4, 0.5) is 0 Å². The molecular formula is C16H15N3O3. The lowest BCUT2D eigenvalue weighted by atomic mass is 10.2. The molecule has 1 amide bonds. The number of benzene rings is 2. The Morgan fingerprint density at radius 3 is 2.64 bits per heavy atom. The number of methoxy groups -OCH3 is 2. The summed E-state index contributed by atoms with van der Waals surface area (Å²) >= 11 is 0. The van der Waals surface area contributed by atoms with E-state index in [1.54, 1.807) is 36.3 Å². The molecule has 0 bridgehead atoms. The molecule has 0 atom stereocenters. The topological polar surface area (TPSA) is 65.4 Å². The van der Waals surface area contributed by atoms with Crippen molar-refractivity contribution in [3.8, 4) is 11.5 Å². The van der Waals surface area contributed by atoms with Gasteiger partial charge in [-0.25, -0.2) is 9.66 Å². The van der Waals surface area contributed by atoms with E-state index in [1.165, 1.54) is 7.11 Å². The highest BCUT2D eigenvalue weighted by Crippen LogP contribution is 2.27. The molecular weight excluding hydrogens is 282 g/mol. The van der Waals surface area contributed by atoms with Crippen molar-refractivity contribution in [2.45, 2.75) is 0 Å². The largest absolute Gasteiger partial charge is 0.493 e. The molecule has 3 aromatic rings. The van der Waals surface area contributed by atoms with E-state index in [2.05, 4.69) is 10.4 Å². The van der Waals surface area contributed by atoms with Gasteiger partial charge in [-0.05, 0) is 30.3 Å². The fourth-order valence-electron chi connectivity index (χ4n) is 2.20. The zero-order valence-electron chi connectivity index (χ0n) is 12.2. The summed E-state index contributed by atoms with van der Waals surface area (Å²) < 4.78 is 12.0. The van der Waals surface area contributed by atoms with Crippen LogP contribution < -0.4 is 14.9 Å². The van der Waals surface area contributed by atoms with Gasteiger partial charge in [0.15, 0.2) is 11.5 Å². The Hall–Kier alpha value is -3.02. The van der Waals surface area contributed by atoms with Gasteiger partial charge in [0, 0.05) is 5.56 Å². The van der Waals surface area contributed by atoms with Gasteiger partial charge in [-0.15, -0.1) is 0 Å². The molecule has 112 valence electrons. The highest BCUT2D eigenvalue weighted by atomic mass is 16.5. The van der Waals surface area contributed by atoms with Crippen molar-refractivity contribution in [1.29, 1.82) is 0 Å². The minimum atomic E-state index is -0.260. The standard InChI is InChI=1S/C16H15N3O3/c1-21-14-8-7-11(9-15(14)22-2)16(20)18-19-10-17-12-5-3-4-6-13(12)19/h3-10H,1-2H3,(H,18,20). The molecule has 0 radical (unpaired) electrons. The summed E-state index contributed by atoms with van der Waals surface area (Å²) in [5, 5.41) is 0. The minimum absolute atomic E-state index is 0.260. The molecule has 0 aliphatic rings. The normalized spacial score (nSPS) is 10.5. The van der Waals surface area contributed by atoms with Gasteiger partial charge in [0.1, 0.15) is 6.33 Å². The molecule has 2 aromatic carbocycles. The van der Waals surface area contributed by atoms with Crippen LogP contribution in [0.2, 0.25) is 0 Å². The van der Waals surface area contributed by atoms with Crippen LogP contribution in [-0.4, -0.2) is 29.8 Å². The third kappa shape index (κ3) is 2.46. The lowest BCUT2D eigenvalue weighted by Crippen LogP contribution is -2.22. The number of nitrogens with one attached hydrogen (secondary N) is 1. The number of amides is 1. The Bertz CT molecular complexity index is 826. The summed E-state index contributed by atoms with van der Waals surface area (Å²) in [5.41, 5.74) is 4.90. The van der Waals surface area contributed by atoms with Crippen molar-refractivity contribution in [2.75, 3.05) is 19.6 Å². The number of imidazole rings is 1. The summed E-state index contributed by atoms with van der Waals surface area (Å²) in [7, 11) is 3.08. The fourth-order valence-corrected chi connectivity index (χ4v) is 2.20. The summed E-state index contributed by atoms with van der Waals surface area (Å²) in [5.74, 6) is 0.821. The predicted octanol–water partition coefficient (Wildman–Crippen LogP) is 2.44. The SMILES string of the molecule is COc1ccc(C(=O)Nn2cnc3ccccc32)cc1OC. The van der Waals surface area contributed by atoms with E-state index in [0.29, 0.717) is 17.1 Å². The van der Waals surface area contributed by atoms with Crippen LogP contribution in [0.1, 0.15) is 10.4 Å². The number of carbonyl (C=O) groups excluding carboxylic acids is 1. The molecule has 0 unspecified atom stereocenters. The summed E-state index contributed by atoms with van der Waals surface area (Å²) in [6.07, 6.45) is 1.57. The van der Waals surface area contributed by atoms with Gasteiger partial charge >= 0.3 is 0 Å². The Kier molecular flexibility index (Phi) is 3.65. The van der Waals surface area contributed by atoms with E-state index in [4.69, 9.17) is 9.47 Å². The van der Waals surface area contributed by atoms with Crippen molar-refractivity contribution < 1.29 is 14.3 Å². The second kappa shape index (κ2) is 5.77. The van der Waals surface area contributed by atoms with Gasteiger partial charge in [0.2, 0.25) is 0 Å². The van der Waals surface area contributed by atoms with Crippen LogP contribution >= 0.6 is 0 Å². The summed E-state index contributed by atoms with van der Waals surface area (Å²) in [6, 6.07) is 12.6. The minimum Gasteiger partial charge on any atom is -0.493 e. The van der Waals surface area contributed by atoms with E-state index >= 15 is 0 Å². The van der Waals surface area contributed by atoms with Crippen LogP contribution in [0, 0.1) is 0 Å². The second-order valence-corrected chi connectivity index (χ2v) is 4.61. The first kappa shape index (κ1) is 13.9. The number of aromatic nitrogens is 2. The van der Waals surface area contributed by atoms with Crippen LogP contribution in [0.5, 0.6) is 11.5 Å². The molecule has 6 nitrogen and oxygen atoms in total. The zero-order chi connectivity index (χ0) is 15.5. The second-order valence-electron chi connectivity index (χ2n) is 4.61. The van der Waals surface area contributed by atoms with Crippen LogP contribution in [0.3, 0.4) is 0 Å². The molecule has 1 heterocycles. The third-order valence-electron chi connectivity index (χ3n) is 3.32. The highest BCUT2D eigenvalue weighted by molar-refractivity contribution is 6.01. The first-order valence-electron chi connectivity index (χ1n) is 6.68. The molecule has 3 rings (SSSR count). The van der Waals surface area contributed by atoms with Gasteiger partial charge in [0.25, 0.3) is 5.91 Å². The quantitative estimate of drug-likeness (QED) is 0.803. The van der Waals surface area contributed by atoms with Crippen molar-refractivity contribution in [1.82, 2.24) is 9.66 Å². The average Bonchev–Trinajstić information content (AvgIpc) is 2.97. The Morgan fingerprint density at radius 2 is 1.86 bits per heavy atom. The van der Waals surface area contributed by atoms with E-state index in [1.807, 2.05) is 24.3 Å². The number of rotatable bonds is 4. The number of carbonyl (C=O) groups is 1. The van der Waals surface area contributed by atoms with Gasteiger partial charge in [-0.2, -0.15) is 0 Å². The molecule has 1 aromatic heterocycles. The van der Waals surface area contributed by atoms with Crippen LogP contribution in [0.25, 0.3) is 11.0 Å². The third-order valence-corrected chi connectivity index (χ3v) is 3.32. The van der Waals surface area contributed by atoms with E-state index in [9.17, 15) is 4.79 Å². The van der Waals surface area contributed by atoms with E-state index in [-0.39, 0.29) is 5.91 Å². The van der Waals surface area contributed by atoms with Crippen LogP contribution in [-0.2, 0) is 0 Å². The molecule has 0 saturated carbocycles. The van der Waals surface area contributed by atoms with Gasteiger partial charge in [-0.3, -0.25) is 10.2 Å². The summed E-state index contributed by atoms with van der Waals surface area (Å²) in [6.45, 7) is 0. The van der Waals surface area contributed by atoms with E-state index < -0.39 is 0 Å². The number of nitrogens with zero attached hydrogens (tertiary/aromatic N) is 2. The van der Waals surface area contributed by atoms with Crippen molar-refractivity contribution in [3.63, 3.8) is 0 Å². The molecule has 0 saturated heterocycles. The van der Waals surface area contributed by atoms with Crippen molar-refractivity contribution >= 4 is 16.9 Å². The zero-order valence-corrected chi connectivity index (χ0v) is 12.2. The van der Waals surface area contributed by atoms with Crippen molar-refractivity contribution in [2.24, 2.45) is 0 Å². The average molecular weight is 297 g/mol. The fraction of sp³-hybridized carbons (Fsp3) is 0.125. The lowest BCUT2D eigenvalue weighted by Gasteiger charge is -2.10. The van der Waals surface area contributed by atoms with Crippen molar-refractivity contribution in [3.05, 3.63) is 54.4 Å². The number of ether oxygens (including phenoxy) is 2. The first-order valence-corrected chi connectivity index (χ1v) is 6.68. The molecule has 1 N–H and O–H groups in total. The molecule has 0 aliphatic heterocycles. The Balaban J connectivity index is 1.88. The Morgan fingerprint density at radius 1 is 1.09 bits per heavy atom. The highest BCUT2D eigenvalue weighted by Gasteiger charge is 2.12. The number of para-hydroxylation sites is 2.